The van der Waals surface area contributed by atoms with Crippen LogP contribution in [0.2, 0.25) is 0 Å². The third-order valence-electron chi connectivity index (χ3n) is 8.32. The first-order valence-electron chi connectivity index (χ1n) is 14.4. The number of aryl methyl sites for hydroxylation is 1. The predicted octanol–water partition coefficient (Wildman–Crippen LogP) is 5.76. The summed E-state index contributed by atoms with van der Waals surface area (Å²) in [6.07, 6.45) is 8.14. The highest BCUT2D eigenvalue weighted by atomic mass is 16.2. The van der Waals surface area contributed by atoms with Gasteiger partial charge in [-0.1, -0.05) is 87.4 Å². The molecule has 2 heterocycles. The number of rotatable bonds is 11. The van der Waals surface area contributed by atoms with E-state index in [4.69, 9.17) is 0 Å². The SMILES string of the molecule is CC(C)C[C@@H]1NC(=O)C2(CCN(CCCCCCc3ccccc3)CC2)N(C(C)c2ccccc2)C1=O. The third kappa shape index (κ3) is 6.62. The Bertz CT molecular complexity index is 999. The number of unbranched alkanes of at least 4 members (excludes halogenated alkanes) is 3. The highest BCUT2D eigenvalue weighted by molar-refractivity contribution is 6.00. The lowest BCUT2D eigenvalue weighted by Gasteiger charge is -2.54. The van der Waals surface area contributed by atoms with Crippen LogP contribution in [-0.2, 0) is 16.0 Å². The first-order valence-corrected chi connectivity index (χ1v) is 14.4. The van der Waals surface area contributed by atoms with Crippen LogP contribution >= 0.6 is 0 Å². The van der Waals surface area contributed by atoms with Crippen LogP contribution in [0.4, 0.5) is 0 Å². The van der Waals surface area contributed by atoms with E-state index in [0.717, 1.165) is 31.6 Å². The van der Waals surface area contributed by atoms with E-state index in [9.17, 15) is 9.59 Å². The maximum absolute atomic E-state index is 13.8. The van der Waals surface area contributed by atoms with Gasteiger partial charge in [0.25, 0.3) is 0 Å². The first kappa shape index (κ1) is 27.4. The van der Waals surface area contributed by atoms with Gasteiger partial charge < -0.3 is 15.1 Å². The Morgan fingerprint density at radius 1 is 0.865 bits per heavy atom. The number of piperazine rings is 1. The Balaban J connectivity index is 1.35. The molecule has 0 aliphatic carbocycles. The smallest absolute Gasteiger partial charge is 0.246 e. The van der Waals surface area contributed by atoms with E-state index in [1.807, 2.05) is 23.1 Å². The van der Waals surface area contributed by atoms with Gasteiger partial charge in [-0.2, -0.15) is 0 Å². The molecule has 1 spiro atoms. The molecule has 37 heavy (non-hydrogen) atoms. The van der Waals surface area contributed by atoms with Crippen LogP contribution in [-0.4, -0.2) is 52.8 Å². The molecule has 2 atom stereocenters. The lowest BCUT2D eigenvalue weighted by molar-refractivity contribution is -0.165. The minimum Gasteiger partial charge on any atom is -0.342 e. The molecule has 4 rings (SSSR count). The molecule has 2 aliphatic rings. The minimum absolute atomic E-state index is 0.0427. The van der Waals surface area contributed by atoms with Gasteiger partial charge in [-0.05, 0) is 69.0 Å². The number of carbonyl (C=O) groups is 2. The van der Waals surface area contributed by atoms with Gasteiger partial charge in [-0.15, -0.1) is 0 Å². The van der Waals surface area contributed by atoms with Crippen molar-refractivity contribution in [2.45, 2.75) is 89.8 Å². The number of hydrogen-bond acceptors (Lipinski definition) is 3. The highest BCUT2D eigenvalue weighted by Gasteiger charge is 2.55. The molecular formula is C32H45N3O2. The van der Waals surface area contributed by atoms with Gasteiger partial charge in [0.15, 0.2) is 0 Å². The Kier molecular flexibility index (Phi) is 9.42. The topological polar surface area (TPSA) is 52.7 Å². The zero-order valence-electron chi connectivity index (χ0n) is 23.0. The number of nitrogens with zero attached hydrogens (tertiary/aromatic N) is 2. The van der Waals surface area contributed by atoms with Crippen molar-refractivity contribution >= 4 is 11.8 Å². The predicted molar refractivity (Wildman–Crippen MR) is 150 cm³/mol. The fourth-order valence-electron chi connectivity index (χ4n) is 6.19. The molecule has 2 aliphatic heterocycles. The zero-order valence-corrected chi connectivity index (χ0v) is 23.0. The van der Waals surface area contributed by atoms with Crippen molar-refractivity contribution in [1.82, 2.24) is 15.1 Å². The number of benzene rings is 2. The summed E-state index contributed by atoms with van der Waals surface area (Å²) < 4.78 is 0. The van der Waals surface area contributed by atoms with Gasteiger partial charge in [-0.25, -0.2) is 0 Å². The van der Waals surface area contributed by atoms with E-state index in [2.05, 4.69) is 73.5 Å². The van der Waals surface area contributed by atoms with E-state index in [1.54, 1.807) is 0 Å². The number of nitrogens with one attached hydrogen (secondary N) is 1. The Morgan fingerprint density at radius 3 is 2.14 bits per heavy atom. The van der Waals surface area contributed by atoms with Gasteiger partial charge in [0.05, 0.1) is 6.04 Å². The zero-order chi connectivity index (χ0) is 26.3. The summed E-state index contributed by atoms with van der Waals surface area (Å²) in [7, 11) is 0. The normalized spacial score (nSPS) is 20.9. The second-order valence-electron chi connectivity index (χ2n) is 11.5. The summed E-state index contributed by atoms with van der Waals surface area (Å²) >= 11 is 0. The van der Waals surface area contributed by atoms with Gasteiger partial charge in [0.1, 0.15) is 11.6 Å². The second kappa shape index (κ2) is 12.7. The molecule has 5 heteroatoms. The molecule has 5 nitrogen and oxygen atoms in total. The molecule has 2 fully saturated rings. The number of hydrogen-bond donors (Lipinski definition) is 1. The number of amides is 2. The standard InChI is InChI=1S/C32H45N3O2/c1-25(2)24-29-30(36)35(26(3)28-17-11-7-12-18-28)32(31(37)33-29)19-22-34(23-20-32)21-13-5-4-8-14-27-15-9-6-10-16-27/h6-7,9-12,15-18,25-26,29H,4-5,8,13-14,19-24H2,1-3H3,(H,33,37)/t26?,29-/m0/s1. The average Bonchev–Trinajstić information content (AvgIpc) is 2.91. The Morgan fingerprint density at radius 2 is 1.49 bits per heavy atom. The van der Waals surface area contributed by atoms with Crippen LogP contribution < -0.4 is 5.32 Å². The van der Waals surface area contributed by atoms with E-state index in [-0.39, 0.29) is 17.9 Å². The maximum Gasteiger partial charge on any atom is 0.246 e. The summed E-state index contributed by atoms with van der Waals surface area (Å²) in [6, 6.07) is 20.3. The van der Waals surface area contributed by atoms with Crippen molar-refractivity contribution in [3.05, 3.63) is 71.8 Å². The van der Waals surface area contributed by atoms with Gasteiger partial charge in [-0.3, -0.25) is 9.59 Å². The molecular weight excluding hydrogens is 458 g/mol. The number of likely N-dealkylation sites (tertiary alicyclic amines) is 1. The number of piperidine rings is 1. The van der Waals surface area contributed by atoms with Crippen molar-refractivity contribution in [1.29, 1.82) is 0 Å². The monoisotopic (exact) mass is 503 g/mol. The van der Waals surface area contributed by atoms with Crippen LogP contribution in [0.5, 0.6) is 0 Å². The summed E-state index contributed by atoms with van der Waals surface area (Å²) in [5.74, 6) is 0.462. The molecule has 2 amide bonds. The molecule has 0 saturated carbocycles. The second-order valence-corrected chi connectivity index (χ2v) is 11.5. The molecule has 1 unspecified atom stereocenters. The van der Waals surface area contributed by atoms with Gasteiger partial charge in [0, 0.05) is 13.1 Å². The largest absolute Gasteiger partial charge is 0.342 e. The lowest BCUT2D eigenvalue weighted by atomic mass is 9.79. The van der Waals surface area contributed by atoms with E-state index < -0.39 is 11.6 Å². The van der Waals surface area contributed by atoms with Crippen LogP contribution in [0.3, 0.4) is 0 Å². The summed E-state index contributed by atoms with van der Waals surface area (Å²) in [6.45, 7) is 9.09. The maximum atomic E-state index is 13.8. The van der Waals surface area contributed by atoms with E-state index in [1.165, 1.54) is 31.2 Å². The Hall–Kier alpha value is -2.66. The van der Waals surface area contributed by atoms with Gasteiger partial charge in [0.2, 0.25) is 11.8 Å². The van der Waals surface area contributed by atoms with Crippen molar-refractivity contribution in [3.8, 4) is 0 Å². The summed E-state index contributed by atoms with van der Waals surface area (Å²) in [4.78, 5) is 32.0. The fourth-order valence-corrected chi connectivity index (χ4v) is 6.19. The molecule has 2 aromatic rings. The van der Waals surface area contributed by atoms with Crippen molar-refractivity contribution in [3.63, 3.8) is 0 Å². The average molecular weight is 504 g/mol. The number of carbonyl (C=O) groups excluding carboxylic acids is 2. The van der Waals surface area contributed by atoms with Crippen LogP contribution in [0.25, 0.3) is 0 Å². The van der Waals surface area contributed by atoms with Crippen molar-refractivity contribution in [2.75, 3.05) is 19.6 Å². The van der Waals surface area contributed by atoms with E-state index >= 15 is 0 Å². The molecule has 1 N–H and O–H groups in total. The first-order chi connectivity index (χ1) is 17.9. The van der Waals surface area contributed by atoms with Crippen LogP contribution in [0.15, 0.2) is 60.7 Å². The minimum atomic E-state index is -0.758. The van der Waals surface area contributed by atoms with E-state index in [0.29, 0.717) is 25.2 Å². The molecule has 2 saturated heterocycles. The summed E-state index contributed by atoms with van der Waals surface area (Å²) in [5, 5.41) is 3.14. The third-order valence-corrected chi connectivity index (χ3v) is 8.32. The van der Waals surface area contributed by atoms with Crippen LogP contribution in [0.1, 0.15) is 82.9 Å². The van der Waals surface area contributed by atoms with Gasteiger partial charge >= 0.3 is 0 Å². The Labute approximate surface area is 223 Å². The quantitative estimate of drug-likeness (QED) is 0.397. The van der Waals surface area contributed by atoms with Crippen molar-refractivity contribution in [2.24, 2.45) is 5.92 Å². The molecule has 0 radical (unpaired) electrons. The molecule has 2 aromatic carbocycles. The highest BCUT2D eigenvalue weighted by Crippen LogP contribution is 2.39. The molecule has 200 valence electrons. The van der Waals surface area contributed by atoms with Crippen molar-refractivity contribution < 1.29 is 9.59 Å². The van der Waals surface area contributed by atoms with Crippen LogP contribution in [0, 0.1) is 5.92 Å². The lowest BCUT2D eigenvalue weighted by Crippen LogP contribution is -2.73. The molecule has 0 bridgehead atoms. The molecule has 0 aromatic heterocycles. The summed E-state index contributed by atoms with van der Waals surface area (Å²) in [5.41, 5.74) is 1.76. The fraction of sp³-hybridized carbons (Fsp3) is 0.562.